The third-order valence-electron chi connectivity index (χ3n) is 4.49. The van der Waals surface area contributed by atoms with Crippen molar-refractivity contribution < 1.29 is 9.59 Å². The van der Waals surface area contributed by atoms with Crippen molar-refractivity contribution in [2.75, 3.05) is 18.4 Å². The Hall–Kier alpha value is -2.11. The number of amides is 2. The maximum Gasteiger partial charge on any atom is 0.272 e. The molecule has 0 atom stereocenters. The number of hydrogen-bond donors (Lipinski definition) is 1. The molecule has 2 heterocycles. The van der Waals surface area contributed by atoms with Crippen LogP contribution in [-0.2, 0) is 0 Å². The van der Waals surface area contributed by atoms with E-state index >= 15 is 0 Å². The van der Waals surface area contributed by atoms with E-state index in [9.17, 15) is 9.59 Å². The molecule has 1 aromatic carbocycles. The standard InChI is InChI=1S/C19H19Cl2N3O2/c1-12-5-8-24(9-6-12)19(26)17-10-13(4-7-22-17)18(25)23-16-3-2-14(20)11-15(16)21/h2-4,7,10-12H,5-6,8-9H2,1H3,(H,23,25). The first-order valence-electron chi connectivity index (χ1n) is 8.46. The van der Waals surface area contributed by atoms with Gasteiger partial charge in [-0.15, -0.1) is 0 Å². The number of benzene rings is 1. The molecule has 0 spiro atoms. The van der Waals surface area contributed by atoms with Gasteiger partial charge in [-0.3, -0.25) is 14.6 Å². The second kappa shape index (κ2) is 8.06. The number of pyridine rings is 1. The summed E-state index contributed by atoms with van der Waals surface area (Å²) in [5.41, 5.74) is 1.07. The van der Waals surface area contributed by atoms with E-state index in [1.165, 1.54) is 12.3 Å². The average Bonchev–Trinajstić information content (AvgIpc) is 2.64. The third-order valence-corrected chi connectivity index (χ3v) is 5.04. The lowest BCUT2D eigenvalue weighted by molar-refractivity contribution is 0.0691. The summed E-state index contributed by atoms with van der Waals surface area (Å²) in [6.45, 7) is 3.63. The van der Waals surface area contributed by atoms with Crippen LogP contribution in [0.4, 0.5) is 5.69 Å². The van der Waals surface area contributed by atoms with Crippen molar-refractivity contribution in [2.45, 2.75) is 19.8 Å². The van der Waals surface area contributed by atoms with Crippen LogP contribution in [0.5, 0.6) is 0 Å². The van der Waals surface area contributed by atoms with Crippen LogP contribution in [0.2, 0.25) is 10.0 Å². The topological polar surface area (TPSA) is 62.3 Å². The molecule has 7 heteroatoms. The second-order valence-electron chi connectivity index (χ2n) is 6.48. The zero-order valence-electron chi connectivity index (χ0n) is 14.3. The van der Waals surface area contributed by atoms with Crippen LogP contribution in [0.3, 0.4) is 0 Å². The van der Waals surface area contributed by atoms with E-state index < -0.39 is 0 Å². The number of hydrogen-bond acceptors (Lipinski definition) is 3. The Bertz CT molecular complexity index is 833. The Morgan fingerprint density at radius 1 is 1.15 bits per heavy atom. The summed E-state index contributed by atoms with van der Waals surface area (Å²) in [4.78, 5) is 31.0. The zero-order valence-corrected chi connectivity index (χ0v) is 15.8. The van der Waals surface area contributed by atoms with E-state index in [1.54, 1.807) is 29.2 Å². The van der Waals surface area contributed by atoms with E-state index in [2.05, 4.69) is 17.2 Å². The molecular weight excluding hydrogens is 373 g/mol. The minimum Gasteiger partial charge on any atom is -0.337 e. The third kappa shape index (κ3) is 4.34. The molecule has 0 saturated carbocycles. The lowest BCUT2D eigenvalue weighted by atomic mass is 9.99. The predicted molar refractivity (Wildman–Crippen MR) is 103 cm³/mol. The Kier molecular flexibility index (Phi) is 5.79. The number of aromatic nitrogens is 1. The minimum atomic E-state index is -0.363. The van der Waals surface area contributed by atoms with E-state index in [4.69, 9.17) is 23.2 Å². The van der Waals surface area contributed by atoms with Crippen molar-refractivity contribution in [1.29, 1.82) is 0 Å². The summed E-state index contributed by atoms with van der Waals surface area (Å²) in [5, 5.41) is 3.56. The van der Waals surface area contributed by atoms with Crippen molar-refractivity contribution >= 4 is 40.7 Å². The Morgan fingerprint density at radius 3 is 2.58 bits per heavy atom. The first-order valence-corrected chi connectivity index (χ1v) is 9.21. The van der Waals surface area contributed by atoms with Gasteiger partial charge < -0.3 is 10.2 Å². The van der Waals surface area contributed by atoms with Crippen LogP contribution >= 0.6 is 23.2 Å². The molecule has 1 aliphatic heterocycles. The number of anilines is 1. The SMILES string of the molecule is CC1CCN(C(=O)c2cc(C(=O)Nc3ccc(Cl)cc3Cl)ccn2)CC1. The molecule has 1 saturated heterocycles. The monoisotopic (exact) mass is 391 g/mol. The normalized spacial score (nSPS) is 15.0. The smallest absolute Gasteiger partial charge is 0.272 e. The Balaban J connectivity index is 1.74. The molecule has 1 fully saturated rings. The van der Waals surface area contributed by atoms with Crippen molar-refractivity contribution in [3.63, 3.8) is 0 Å². The van der Waals surface area contributed by atoms with Gasteiger partial charge in [-0.05, 0) is 49.1 Å². The number of nitrogens with one attached hydrogen (secondary N) is 1. The van der Waals surface area contributed by atoms with Crippen LogP contribution in [-0.4, -0.2) is 34.8 Å². The van der Waals surface area contributed by atoms with E-state index in [1.807, 2.05) is 0 Å². The van der Waals surface area contributed by atoms with Gasteiger partial charge in [0, 0.05) is 29.9 Å². The molecule has 2 amide bonds. The highest BCUT2D eigenvalue weighted by atomic mass is 35.5. The van der Waals surface area contributed by atoms with Gasteiger partial charge in [-0.25, -0.2) is 0 Å². The predicted octanol–water partition coefficient (Wildman–Crippen LogP) is 4.51. The van der Waals surface area contributed by atoms with Gasteiger partial charge in [0.15, 0.2) is 0 Å². The molecule has 1 N–H and O–H groups in total. The number of carbonyl (C=O) groups excluding carboxylic acids is 2. The summed E-state index contributed by atoms with van der Waals surface area (Å²) in [7, 11) is 0. The molecule has 0 radical (unpaired) electrons. The highest BCUT2D eigenvalue weighted by Gasteiger charge is 2.23. The lowest BCUT2D eigenvalue weighted by Gasteiger charge is -2.30. The molecule has 26 heavy (non-hydrogen) atoms. The largest absolute Gasteiger partial charge is 0.337 e. The number of nitrogens with zero attached hydrogens (tertiary/aromatic N) is 2. The molecule has 2 aromatic rings. The summed E-state index contributed by atoms with van der Waals surface area (Å²) in [5.74, 6) is 0.127. The summed E-state index contributed by atoms with van der Waals surface area (Å²) >= 11 is 11.9. The first-order chi connectivity index (χ1) is 12.4. The molecule has 0 unspecified atom stereocenters. The van der Waals surface area contributed by atoms with Crippen LogP contribution < -0.4 is 5.32 Å². The van der Waals surface area contributed by atoms with E-state index in [-0.39, 0.29) is 17.5 Å². The maximum atomic E-state index is 12.6. The van der Waals surface area contributed by atoms with Crippen LogP contribution in [0.15, 0.2) is 36.5 Å². The molecule has 1 aromatic heterocycles. The van der Waals surface area contributed by atoms with Gasteiger partial charge in [0.2, 0.25) is 0 Å². The number of carbonyl (C=O) groups is 2. The fourth-order valence-corrected chi connectivity index (χ4v) is 3.30. The van der Waals surface area contributed by atoms with Crippen molar-refractivity contribution in [1.82, 2.24) is 9.88 Å². The van der Waals surface area contributed by atoms with Gasteiger partial charge >= 0.3 is 0 Å². The summed E-state index contributed by atoms with van der Waals surface area (Å²) < 4.78 is 0. The molecule has 0 bridgehead atoms. The summed E-state index contributed by atoms with van der Waals surface area (Å²) in [6.07, 6.45) is 3.44. The number of likely N-dealkylation sites (tertiary alicyclic amines) is 1. The number of rotatable bonds is 3. The lowest BCUT2D eigenvalue weighted by Crippen LogP contribution is -2.38. The number of piperidine rings is 1. The van der Waals surface area contributed by atoms with Crippen LogP contribution in [0.1, 0.15) is 40.6 Å². The second-order valence-corrected chi connectivity index (χ2v) is 7.33. The fourth-order valence-electron chi connectivity index (χ4n) is 2.85. The van der Waals surface area contributed by atoms with E-state index in [0.717, 1.165) is 25.9 Å². The quantitative estimate of drug-likeness (QED) is 0.836. The minimum absolute atomic E-state index is 0.143. The van der Waals surface area contributed by atoms with E-state index in [0.29, 0.717) is 27.2 Å². The molecular formula is C19H19Cl2N3O2. The van der Waals surface area contributed by atoms with Gasteiger partial charge in [-0.1, -0.05) is 30.1 Å². The molecule has 136 valence electrons. The Labute approximate surface area is 162 Å². The maximum absolute atomic E-state index is 12.6. The van der Waals surface area contributed by atoms with Crippen molar-refractivity contribution in [3.05, 3.63) is 57.8 Å². The number of halogens is 2. The highest BCUT2D eigenvalue weighted by molar-refractivity contribution is 6.36. The summed E-state index contributed by atoms with van der Waals surface area (Å²) in [6, 6.07) is 7.90. The molecule has 0 aliphatic carbocycles. The Morgan fingerprint density at radius 2 is 1.88 bits per heavy atom. The van der Waals surface area contributed by atoms with Gasteiger partial charge in [0.1, 0.15) is 5.69 Å². The van der Waals surface area contributed by atoms with Gasteiger partial charge in [-0.2, -0.15) is 0 Å². The fraction of sp³-hybridized carbons (Fsp3) is 0.316. The highest BCUT2D eigenvalue weighted by Crippen LogP contribution is 2.26. The van der Waals surface area contributed by atoms with Gasteiger partial charge in [0.05, 0.1) is 10.7 Å². The molecule has 1 aliphatic rings. The zero-order chi connectivity index (χ0) is 18.7. The average molecular weight is 392 g/mol. The van der Waals surface area contributed by atoms with Crippen LogP contribution in [0.25, 0.3) is 0 Å². The molecule has 3 rings (SSSR count). The van der Waals surface area contributed by atoms with Crippen molar-refractivity contribution in [3.8, 4) is 0 Å². The first kappa shape index (κ1) is 18.7. The molecule has 5 nitrogen and oxygen atoms in total. The van der Waals surface area contributed by atoms with Gasteiger partial charge in [0.25, 0.3) is 11.8 Å². The van der Waals surface area contributed by atoms with Crippen LogP contribution in [0, 0.1) is 5.92 Å². The van der Waals surface area contributed by atoms with Crippen molar-refractivity contribution in [2.24, 2.45) is 5.92 Å².